The number of methoxy groups -OCH3 is 2. The smallest absolute Gasteiger partial charge is 0.0813 e. The van der Waals surface area contributed by atoms with E-state index in [4.69, 9.17) is 49.0 Å². The first-order chi connectivity index (χ1) is 55.0. The third-order valence-corrected chi connectivity index (χ3v) is 22.9. The second-order valence-electron chi connectivity index (χ2n) is 29.4. The molecule has 9 heterocycles. The second kappa shape index (κ2) is 43.0. The van der Waals surface area contributed by atoms with Gasteiger partial charge in [-0.05, 0) is 128 Å². The molecule has 0 bridgehead atoms. The molecule has 0 spiro atoms. The summed E-state index contributed by atoms with van der Waals surface area (Å²) in [5.41, 5.74) is -1.97. The molecular formula is C75H93BrCl3N17O17S2Zn. The Morgan fingerprint density at radius 3 is 1.41 bits per heavy atom. The molecule has 3 aliphatic heterocycles. The summed E-state index contributed by atoms with van der Waals surface area (Å²) in [6, 6.07) is 17.1. The van der Waals surface area contributed by atoms with Gasteiger partial charge in [-0.15, -0.1) is 13.2 Å². The van der Waals surface area contributed by atoms with Gasteiger partial charge in [-0.25, -0.2) is 51.3 Å². The maximum atomic E-state index is 14.1. The van der Waals surface area contributed by atoms with Gasteiger partial charge >= 0.3 is 48.2 Å². The number of amides is 8. The number of halogens is 4. The van der Waals surface area contributed by atoms with Crippen molar-refractivity contribution in [3.05, 3.63) is 157 Å². The van der Waals surface area contributed by atoms with Crippen molar-refractivity contribution in [2.45, 2.75) is 164 Å². The van der Waals surface area contributed by atoms with Gasteiger partial charge in [-0.3, -0.25) is 48.2 Å². The van der Waals surface area contributed by atoms with Gasteiger partial charge in [0.2, 0.25) is 54.2 Å². The van der Waals surface area contributed by atoms with Crippen molar-refractivity contribution in [2.24, 2.45) is 22.7 Å². The number of aliphatic hydroxyl groups excluding tert-OH is 1. The molecule has 116 heavy (non-hydrogen) atoms. The first-order valence-electron chi connectivity index (χ1n) is 36.6. The molecule has 7 N–H and O–H groups in total. The number of carbonyl (C=O) groups is 8. The average molecular weight is 1820 g/mol. The molecule has 6 aromatic rings. The van der Waals surface area contributed by atoms with E-state index in [1.807, 2.05) is 36.4 Å². The van der Waals surface area contributed by atoms with Crippen LogP contribution >= 0.6 is 48.4 Å². The summed E-state index contributed by atoms with van der Waals surface area (Å²) in [6.07, 6.45) is 16.4. The normalized spacial score (nSPS) is 21.9. The largest absolute Gasteiger partial charge is 0.394 e. The van der Waals surface area contributed by atoms with Crippen LogP contribution in [-0.2, 0) is 79.4 Å². The van der Waals surface area contributed by atoms with Crippen molar-refractivity contribution in [1.29, 1.82) is 0 Å². The van der Waals surface area contributed by atoms with Crippen LogP contribution in [0.4, 0.5) is 9.59 Å². The fraction of sp³-hybridized carbons (Fsp3) is 0.480. The average Bonchev–Trinajstić information content (AvgIpc) is 1.58. The van der Waals surface area contributed by atoms with Crippen molar-refractivity contribution in [3.8, 4) is 28.8 Å². The molecule has 3 saturated heterocycles. The SMILES string of the molecule is C1CCOC1.C=CC1C[C@]1(NC(=O)[C@@H]1C[C@@H](O)CN1C(=O)[C@@H](NC(=O)OC)C(C)(C)C)C(=O)NS(=O)(=O)C1CC1.C=CC1C[C@]1(NC(=O)[C@@H]1C[C@@H](Oc2nccc(-c3ccccn3)n2)CN1C(=O)[C@@H](NC(=O)OC)C(C)(C)C)C(=O)NS(=O)(=O)C1CC1.Clc1ccnc(Cl)n1.Clc1nccc(-c2ccccn2)n1.[Zn+][Br].[c-]1ccccn1. The van der Waals surface area contributed by atoms with Crippen LogP contribution in [0.1, 0.15) is 106 Å². The number of aliphatic hydroxyl groups is 1. The van der Waals surface area contributed by atoms with E-state index < -0.39 is 148 Å². The van der Waals surface area contributed by atoms with Gasteiger partial charge in [0.15, 0.2) is 0 Å². The van der Waals surface area contributed by atoms with E-state index in [1.165, 1.54) is 70.6 Å². The minimum Gasteiger partial charge on any atom is -0.394 e. The summed E-state index contributed by atoms with van der Waals surface area (Å²) in [4.78, 5) is 143. The van der Waals surface area contributed by atoms with Crippen LogP contribution in [0.25, 0.3) is 22.8 Å². The van der Waals surface area contributed by atoms with Crippen LogP contribution in [0.15, 0.2) is 135 Å². The van der Waals surface area contributed by atoms with E-state index in [0.29, 0.717) is 42.2 Å². The van der Waals surface area contributed by atoms with Crippen LogP contribution in [0.3, 0.4) is 0 Å². The van der Waals surface area contributed by atoms with Gasteiger partial charge < -0.3 is 60.1 Å². The molecule has 34 nitrogen and oxygen atoms in total. The number of sulfonamides is 2. The van der Waals surface area contributed by atoms with Gasteiger partial charge in [-0.1, -0.05) is 89.8 Å². The molecule has 622 valence electrons. The number of likely N-dealkylation sites (tertiary alicyclic amines) is 2. The first kappa shape index (κ1) is 94.3. The summed E-state index contributed by atoms with van der Waals surface area (Å²) < 4.78 is 74.3. The predicted octanol–water partition coefficient (Wildman–Crippen LogP) is 7.21. The van der Waals surface area contributed by atoms with Gasteiger partial charge in [0, 0.05) is 75.4 Å². The van der Waals surface area contributed by atoms with Crippen molar-refractivity contribution in [1.82, 2.24) is 85.4 Å². The Morgan fingerprint density at radius 2 is 1.05 bits per heavy atom. The van der Waals surface area contributed by atoms with Crippen LogP contribution in [0.2, 0.25) is 15.7 Å². The third kappa shape index (κ3) is 27.4. The number of pyridine rings is 3. The van der Waals surface area contributed by atoms with Crippen molar-refractivity contribution in [3.63, 3.8) is 0 Å². The number of carbonyl (C=O) groups excluding carboxylic acids is 8. The summed E-state index contributed by atoms with van der Waals surface area (Å²) in [5, 5.41) is 20.2. The summed E-state index contributed by atoms with van der Waals surface area (Å²) >= 11 is 20.6. The number of alkyl carbamates (subject to hydrolysis) is 2. The summed E-state index contributed by atoms with van der Waals surface area (Å²) in [6.45, 7) is 19.6. The fourth-order valence-electron chi connectivity index (χ4n) is 12.0. The Hall–Kier alpha value is -8.88. The van der Waals surface area contributed by atoms with E-state index in [-0.39, 0.29) is 55.4 Å². The number of rotatable bonds is 20. The number of ether oxygens (including phenoxy) is 4. The number of β-amino-alcohol motifs (C(OH)–C–C–N with tert-alkyl or cyclic N) is 1. The molecule has 0 aromatic carbocycles. The maximum Gasteiger partial charge on any atom is -0.0813 e. The molecule has 4 aliphatic carbocycles. The Bertz CT molecular complexity index is 4560. The maximum absolute atomic E-state index is 14.1. The van der Waals surface area contributed by atoms with E-state index in [0.717, 1.165) is 31.7 Å². The fourth-order valence-corrected chi connectivity index (χ4v) is 15.2. The molecule has 7 aliphatic rings. The number of aromatic nitrogens is 9. The van der Waals surface area contributed by atoms with E-state index in [2.05, 4.69) is 113 Å². The zero-order chi connectivity index (χ0) is 85.3. The Balaban J connectivity index is 0.000000231. The molecule has 13 rings (SSSR count). The quantitative estimate of drug-likeness (QED) is 0.0130. The minimum absolute atomic E-state index is 0.00159. The molecule has 7 fully saturated rings. The predicted molar refractivity (Wildman–Crippen MR) is 426 cm³/mol. The van der Waals surface area contributed by atoms with E-state index >= 15 is 0 Å². The van der Waals surface area contributed by atoms with Gasteiger partial charge in [-0.2, -0.15) is 23.2 Å². The topological polar surface area (TPSA) is 457 Å². The Labute approximate surface area is 705 Å². The number of hydrogen-bond acceptors (Lipinski definition) is 26. The van der Waals surface area contributed by atoms with Crippen LogP contribution < -0.4 is 35.4 Å². The second-order valence-corrected chi connectivity index (χ2v) is 34.4. The molecule has 8 amide bonds. The number of hydrogen-bond donors (Lipinski definition) is 7. The Kier molecular flexibility index (Phi) is 35.0. The molecule has 2 unspecified atom stereocenters. The molecule has 6 aromatic heterocycles. The van der Waals surface area contributed by atoms with Crippen LogP contribution in [0, 0.1) is 28.9 Å². The molecule has 10 atom stereocenters. The van der Waals surface area contributed by atoms with Crippen LogP contribution in [-0.4, -0.2) is 223 Å². The third-order valence-electron chi connectivity index (χ3n) is 18.7. The standard InChI is InChI=1S/C31H39N7O8S.C22H34N4O8S.C9H6ClN3.C5H4N.C4H2Cl2N2.C4H8O.BrH.Zn/c1-6-18-16-31(18,27(41)37-47(43,44)20-10-11-20)36-25(39)23-15-19(17-38(23)26(40)24(30(2,3)4)35-29(42)45-5)46-28-33-14-12-22(34-28)21-9-7-8-13-32-21;1-6-12-10-22(12,19(30)25-35(32,33)14-7-8-14)24-17(28)15-9-13(27)11-26(15)18(29)16(21(2,3)4)23-20(31)34-5;10-9-12-6-4-8(13-9)7-3-1-2-5-11-7;1-2-4-6-5-3-1;5-3-1-2-7-4(6)8-3;1-2-4-5-3-1;;/h6-9,12-14,18-20,23-24H,1,10-11,15-17H2,2-5H3,(H,35,42)(H,36,39)(H,37,41);6,12-16,27H,1,7-11H2,2-5H3,(H,23,31)(H,24,28)(H,25,30);1-6H;1-4H;1-2H;1-4H2;1H;/q;;;-1;;;;+2/p-1/t18?,19-,23+,24-,31-;12?,13-,15+,16-,22-;;;;;;/m11....../s1. The number of nitrogens with one attached hydrogen (secondary N) is 6. The minimum atomic E-state index is -3.89. The van der Waals surface area contributed by atoms with Gasteiger partial charge in [0.25, 0.3) is 11.8 Å². The first-order valence-corrected chi connectivity index (χ1v) is 47.7. The molecule has 0 radical (unpaired) electrons. The van der Waals surface area contributed by atoms with Crippen molar-refractivity contribution < 1.29 is 95.6 Å². The van der Waals surface area contributed by atoms with E-state index in [9.17, 15) is 60.3 Å². The van der Waals surface area contributed by atoms with Crippen molar-refractivity contribution >= 4 is 116 Å². The van der Waals surface area contributed by atoms with Crippen LogP contribution in [0.5, 0.6) is 6.01 Å². The zero-order valence-corrected chi connectivity index (χ0v) is 73.5. The molecule has 4 saturated carbocycles. The monoisotopic (exact) mass is 1820 g/mol. The van der Waals surface area contributed by atoms with Gasteiger partial charge in [0.05, 0.1) is 60.1 Å². The van der Waals surface area contributed by atoms with Gasteiger partial charge in [0.1, 0.15) is 46.5 Å². The van der Waals surface area contributed by atoms with Crippen molar-refractivity contribution in [2.75, 3.05) is 40.5 Å². The Morgan fingerprint density at radius 1 is 0.603 bits per heavy atom. The number of nitrogens with zero attached hydrogens (tertiary/aromatic N) is 11. The summed E-state index contributed by atoms with van der Waals surface area (Å²) in [5.74, 6) is -5.28. The summed E-state index contributed by atoms with van der Waals surface area (Å²) in [7, 11) is -5.38. The van der Waals surface area contributed by atoms with E-state index in [1.54, 1.807) is 103 Å². The molecule has 41 heteroatoms. The zero-order valence-electron chi connectivity index (χ0n) is 65.1. The molecular weight excluding hydrogens is 1730 g/mol.